The van der Waals surface area contributed by atoms with Crippen LogP contribution in [0.5, 0.6) is 0 Å². The number of fused-ring (bicyclic) bond motifs is 1. The van der Waals surface area contributed by atoms with E-state index in [1.807, 2.05) is 24.4 Å². The maximum atomic E-state index is 4.36. The van der Waals surface area contributed by atoms with E-state index in [1.165, 1.54) is 5.56 Å². The van der Waals surface area contributed by atoms with Crippen LogP contribution in [-0.2, 0) is 0 Å². The van der Waals surface area contributed by atoms with E-state index in [-0.39, 0.29) is 0 Å². The summed E-state index contributed by atoms with van der Waals surface area (Å²) in [5, 5.41) is 1.93. The van der Waals surface area contributed by atoms with Crippen molar-refractivity contribution in [3.8, 4) is 0 Å². The molecule has 3 nitrogen and oxygen atoms in total. The van der Waals surface area contributed by atoms with Crippen molar-refractivity contribution in [2.45, 2.75) is 13.8 Å². The summed E-state index contributed by atoms with van der Waals surface area (Å²) in [7, 11) is 0. The van der Waals surface area contributed by atoms with Gasteiger partial charge < -0.3 is 4.98 Å². The average molecular weight is 231 g/mol. The molecular weight excluding hydrogens is 218 g/mol. The number of hydrogen-bond donors (Lipinski definition) is 1. The predicted octanol–water partition coefficient (Wildman–Crippen LogP) is 3.32. The van der Waals surface area contributed by atoms with Crippen molar-refractivity contribution in [3.05, 3.63) is 46.7 Å². The number of rotatable bonds is 0. The van der Waals surface area contributed by atoms with Gasteiger partial charge in [0, 0.05) is 11.6 Å². The Balaban J connectivity index is 0.000000162. The van der Waals surface area contributed by atoms with E-state index in [2.05, 4.69) is 27.9 Å². The fraction of sp³-hybridized carbons (Fsp3) is 0.167. The first-order valence-electron chi connectivity index (χ1n) is 5.01. The average Bonchev–Trinajstić information content (AvgIpc) is 2.88. The summed E-state index contributed by atoms with van der Waals surface area (Å²) in [4.78, 5) is 11.3. The maximum absolute atomic E-state index is 4.36. The summed E-state index contributed by atoms with van der Waals surface area (Å²) in [5.74, 6) is 0.981. The molecule has 16 heavy (non-hydrogen) atoms. The molecule has 0 saturated heterocycles. The summed E-state index contributed by atoms with van der Waals surface area (Å²) in [6.45, 7) is 4.04. The Morgan fingerprint density at radius 3 is 2.69 bits per heavy atom. The Kier molecular flexibility index (Phi) is 3.31. The standard InChI is InChI=1S/C9H10N2.C3H3NS/c1-6-4-3-5-8-9(6)11-7(2)10-8;1-2-5-3-4-1/h3-5H,1-2H3,(H,10,11);1-3H. The van der Waals surface area contributed by atoms with E-state index in [0.29, 0.717) is 0 Å². The second-order valence-corrected chi connectivity index (χ2v) is 4.22. The summed E-state index contributed by atoms with van der Waals surface area (Å²) >= 11 is 1.60. The van der Waals surface area contributed by atoms with E-state index >= 15 is 0 Å². The number of nitrogens with zero attached hydrogens (tertiary/aromatic N) is 2. The number of hydrogen-bond acceptors (Lipinski definition) is 3. The van der Waals surface area contributed by atoms with Crippen molar-refractivity contribution >= 4 is 22.4 Å². The number of aromatic nitrogens is 3. The minimum absolute atomic E-state index is 0.981. The van der Waals surface area contributed by atoms with Gasteiger partial charge in [0.2, 0.25) is 0 Å². The molecular formula is C12H13N3S. The van der Waals surface area contributed by atoms with Crippen LogP contribution in [0.25, 0.3) is 11.0 Å². The van der Waals surface area contributed by atoms with Gasteiger partial charge in [0.25, 0.3) is 0 Å². The van der Waals surface area contributed by atoms with Crippen LogP contribution in [0.2, 0.25) is 0 Å². The topological polar surface area (TPSA) is 41.6 Å². The van der Waals surface area contributed by atoms with Crippen LogP contribution in [0.3, 0.4) is 0 Å². The van der Waals surface area contributed by atoms with Crippen LogP contribution in [0.15, 0.2) is 35.3 Å². The third-order valence-electron chi connectivity index (χ3n) is 2.18. The molecule has 0 unspecified atom stereocenters. The highest BCUT2D eigenvalue weighted by molar-refractivity contribution is 7.07. The van der Waals surface area contributed by atoms with Crippen LogP contribution in [0.4, 0.5) is 0 Å². The zero-order chi connectivity index (χ0) is 11.4. The Bertz CT molecular complexity index is 537. The third kappa shape index (κ3) is 2.46. The molecule has 0 amide bonds. The van der Waals surface area contributed by atoms with Gasteiger partial charge in [0.1, 0.15) is 5.82 Å². The fourth-order valence-electron chi connectivity index (χ4n) is 1.47. The Morgan fingerprint density at radius 1 is 1.25 bits per heavy atom. The van der Waals surface area contributed by atoms with Gasteiger partial charge in [-0.15, -0.1) is 11.3 Å². The minimum Gasteiger partial charge on any atom is -0.342 e. The highest BCUT2D eigenvalue weighted by Crippen LogP contribution is 2.14. The van der Waals surface area contributed by atoms with Gasteiger partial charge in [0.15, 0.2) is 0 Å². The largest absolute Gasteiger partial charge is 0.342 e. The lowest BCUT2D eigenvalue weighted by molar-refractivity contribution is 1.17. The Hall–Kier alpha value is -1.68. The Labute approximate surface area is 98.2 Å². The molecule has 0 aliphatic rings. The first-order chi connectivity index (χ1) is 7.77. The molecule has 0 aliphatic carbocycles. The lowest BCUT2D eigenvalue weighted by Gasteiger charge is -1.90. The van der Waals surface area contributed by atoms with Gasteiger partial charge in [-0.2, -0.15) is 0 Å². The highest BCUT2D eigenvalue weighted by Gasteiger charge is 1.99. The number of para-hydroxylation sites is 1. The van der Waals surface area contributed by atoms with Crippen molar-refractivity contribution in [1.82, 2.24) is 15.0 Å². The monoisotopic (exact) mass is 231 g/mol. The number of nitrogens with one attached hydrogen (secondary N) is 1. The van der Waals surface area contributed by atoms with Crippen LogP contribution >= 0.6 is 11.3 Å². The molecule has 0 bridgehead atoms. The molecule has 1 N–H and O–H groups in total. The fourth-order valence-corrected chi connectivity index (χ4v) is 1.83. The van der Waals surface area contributed by atoms with Crippen LogP contribution in [-0.4, -0.2) is 15.0 Å². The van der Waals surface area contributed by atoms with E-state index in [1.54, 1.807) is 23.0 Å². The van der Waals surface area contributed by atoms with Crippen LogP contribution < -0.4 is 0 Å². The van der Waals surface area contributed by atoms with Crippen LogP contribution in [0, 0.1) is 13.8 Å². The molecule has 2 heterocycles. The Morgan fingerprint density at radius 2 is 2.12 bits per heavy atom. The number of H-pyrrole nitrogens is 1. The van der Waals surface area contributed by atoms with Crippen molar-refractivity contribution in [2.75, 3.05) is 0 Å². The minimum atomic E-state index is 0.981. The smallest absolute Gasteiger partial charge is 0.104 e. The molecule has 0 fully saturated rings. The lowest BCUT2D eigenvalue weighted by atomic mass is 10.2. The number of aryl methyl sites for hydroxylation is 2. The van der Waals surface area contributed by atoms with E-state index in [4.69, 9.17) is 0 Å². The quantitative estimate of drug-likeness (QED) is 0.645. The molecule has 2 aromatic heterocycles. The molecule has 0 spiro atoms. The van der Waals surface area contributed by atoms with Gasteiger partial charge in [-0.05, 0) is 25.5 Å². The third-order valence-corrected chi connectivity index (χ3v) is 2.70. The van der Waals surface area contributed by atoms with E-state index in [9.17, 15) is 0 Å². The van der Waals surface area contributed by atoms with Gasteiger partial charge in [-0.1, -0.05) is 12.1 Å². The van der Waals surface area contributed by atoms with Gasteiger partial charge in [-0.3, -0.25) is 4.98 Å². The van der Waals surface area contributed by atoms with Crippen molar-refractivity contribution in [1.29, 1.82) is 0 Å². The van der Waals surface area contributed by atoms with E-state index < -0.39 is 0 Å². The molecule has 0 atom stereocenters. The second kappa shape index (κ2) is 4.90. The number of aromatic amines is 1. The van der Waals surface area contributed by atoms with Crippen LogP contribution in [0.1, 0.15) is 11.4 Å². The zero-order valence-electron chi connectivity index (χ0n) is 9.27. The number of thiazole rings is 1. The molecule has 82 valence electrons. The van der Waals surface area contributed by atoms with Gasteiger partial charge in [0.05, 0.1) is 16.5 Å². The van der Waals surface area contributed by atoms with Gasteiger partial charge >= 0.3 is 0 Å². The van der Waals surface area contributed by atoms with Crippen molar-refractivity contribution in [3.63, 3.8) is 0 Å². The lowest BCUT2D eigenvalue weighted by Crippen LogP contribution is -1.74. The highest BCUT2D eigenvalue weighted by atomic mass is 32.1. The molecule has 0 saturated carbocycles. The van der Waals surface area contributed by atoms with Crippen molar-refractivity contribution < 1.29 is 0 Å². The normalized spacial score (nSPS) is 9.88. The first-order valence-corrected chi connectivity index (χ1v) is 5.96. The molecule has 3 aromatic rings. The van der Waals surface area contributed by atoms with E-state index in [0.717, 1.165) is 16.9 Å². The second-order valence-electron chi connectivity index (χ2n) is 3.47. The number of imidazole rings is 1. The van der Waals surface area contributed by atoms with Gasteiger partial charge in [-0.25, -0.2) is 4.98 Å². The molecule has 1 aromatic carbocycles. The first kappa shape index (κ1) is 10.8. The SMILES string of the molecule is Cc1nc2c(C)cccc2[nH]1.c1cscn1. The molecule has 3 rings (SSSR count). The molecule has 0 aliphatic heterocycles. The summed E-state index contributed by atoms with van der Waals surface area (Å²) in [6.07, 6.45) is 1.77. The van der Waals surface area contributed by atoms with Crippen molar-refractivity contribution in [2.24, 2.45) is 0 Å². The molecule has 0 radical (unpaired) electrons. The number of benzene rings is 1. The predicted molar refractivity (Wildman–Crippen MR) is 67.7 cm³/mol. The summed E-state index contributed by atoms with van der Waals surface area (Å²) in [5.41, 5.74) is 5.24. The summed E-state index contributed by atoms with van der Waals surface area (Å²) < 4.78 is 0. The summed E-state index contributed by atoms with van der Waals surface area (Å²) in [6, 6.07) is 6.15. The maximum Gasteiger partial charge on any atom is 0.104 e. The zero-order valence-corrected chi connectivity index (χ0v) is 10.1. The molecule has 4 heteroatoms.